The molecule has 44 heavy (non-hydrogen) atoms. The Morgan fingerprint density at radius 1 is 1.16 bits per heavy atom. The largest absolute Gasteiger partial charge is 0.493 e. The van der Waals surface area contributed by atoms with Gasteiger partial charge in [0.15, 0.2) is 11.5 Å². The van der Waals surface area contributed by atoms with E-state index in [0.29, 0.717) is 36.4 Å². The van der Waals surface area contributed by atoms with Crippen molar-refractivity contribution in [1.29, 1.82) is 0 Å². The number of hydrogen-bond donors (Lipinski definition) is 2. The Kier molecular flexibility index (Phi) is 8.48. The summed E-state index contributed by atoms with van der Waals surface area (Å²) in [7, 11) is 1.61. The number of amides is 1. The summed E-state index contributed by atoms with van der Waals surface area (Å²) in [5.41, 5.74) is 10.7. The first-order valence-corrected chi connectivity index (χ1v) is 14.9. The maximum atomic E-state index is 11.8. The molecule has 2 fully saturated rings. The smallest absolute Gasteiger partial charge is 0.243 e. The van der Waals surface area contributed by atoms with E-state index in [9.17, 15) is 4.79 Å². The molecule has 10 heteroatoms. The highest BCUT2D eigenvalue weighted by atomic mass is 16.5. The molecular weight excluding hydrogens is 556 g/mol. The average molecular weight is 593 g/mol. The van der Waals surface area contributed by atoms with Gasteiger partial charge in [-0.25, -0.2) is 15.0 Å². The van der Waals surface area contributed by atoms with E-state index in [0.717, 1.165) is 65.7 Å². The van der Waals surface area contributed by atoms with Crippen LogP contribution in [0.15, 0.2) is 55.4 Å². The molecule has 0 radical (unpaired) electrons. The summed E-state index contributed by atoms with van der Waals surface area (Å²) < 4.78 is 19.9. The number of nitrogens with one attached hydrogen (secondary N) is 1. The molecule has 226 valence electrons. The zero-order valence-corrected chi connectivity index (χ0v) is 25.0. The molecule has 4 aromatic rings. The normalized spacial score (nSPS) is 19.6. The fourth-order valence-corrected chi connectivity index (χ4v) is 6.05. The van der Waals surface area contributed by atoms with Crippen molar-refractivity contribution < 1.29 is 19.0 Å². The predicted molar refractivity (Wildman–Crippen MR) is 168 cm³/mol. The van der Waals surface area contributed by atoms with E-state index in [-0.39, 0.29) is 23.9 Å². The molecule has 1 aliphatic heterocycles. The molecular formula is C34H36N6O4. The second-order valence-electron chi connectivity index (χ2n) is 11.2. The molecule has 0 spiro atoms. The Balaban J connectivity index is 1.43. The molecule has 1 atom stereocenters. The molecule has 1 aliphatic carbocycles. The first-order chi connectivity index (χ1) is 21.4. The quantitative estimate of drug-likeness (QED) is 0.217. The molecule has 6 rings (SSSR count). The molecule has 3 N–H and O–H groups in total. The van der Waals surface area contributed by atoms with Crippen LogP contribution in [0.25, 0.3) is 22.2 Å². The van der Waals surface area contributed by atoms with Crippen molar-refractivity contribution in [3.63, 3.8) is 0 Å². The third-order valence-corrected chi connectivity index (χ3v) is 8.27. The van der Waals surface area contributed by atoms with Gasteiger partial charge in [0.25, 0.3) is 0 Å². The van der Waals surface area contributed by atoms with Crippen molar-refractivity contribution in [3.8, 4) is 40.3 Å². The van der Waals surface area contributed by atoms with Gasteiger partial charge in [-0.05, 0) is 74.8 Å². The van der Waals surface area contributed by atoms with Crippen LogP contribution in [0.1, 0.15) is 49.5 Å². The highest BCUT2D eigenvalue weighted by molar-refractivity contribution is 6.04. The summed E-state index contributed by atoms with van der Waals surface area (Å²) in [5, 5.41) is 3.76. The zero-order chi connectivity index (χ0) is 30.6. The number of nitrogens with zero attached hydrogens (tertiary/aromatic N) is 4. The van der Waals surface area contributed by atoms with Crippen molar-refractivity contribution >= 4 is 22.8 Å². The Hall–Kier alpha value is -4.88. The monoisotopic (exact) mass is 592 g/mol. The molecule has 3 aromatic heterocycles. The first kappa shape index (κ1) is 29.2. The molecule has 10 nitrogen and oxygen atoms in total. The van der Waals surface area contributed by atoms with Gasteiger partial charge < -0.3 is 29.8 Å². The second-order valence-corrected chi connectivity index (χ2v) is 11.2. The lowest BCUT2D eigenvalue weighted by molar-refractivity contribution is -0.117. The molecule has 4 heterocycles. The molecule has 0 bridgehead atoms. The number of pyridine rings is 1. The number of hydrogen-bond acceptors (Lipinski definition) is 8. The van der Waals surface area contributed by atoms with Crippen LogP contribution >= 0.6 is 0 Å². The number of carbonyl (C=O) groups is 1. The lowest BCUT2D eigenvalue weighted by Crippen LogP contribution is -2.36. The van der Waals surface area contributed by atoms with Crippen LogP contribution in [0.3, 0.4) is 0 Å². The van der Waals surface area contributed by atoms with Gasteiger partial charge in [0.05, 0.1) is 25.1 Å². The molecule has 1 aromatic carbocycles. The number of ether oxygens (including phenoxy) is 3. The highest BCUT2D eigenvalue weighted by Gasteiger charge is 2.29. The van der Waals surface area contributed by atoms with Gasteiger partial charge in [0, 0.05) is 35.9 Å². The summed E-state index contributed by atoms with van der Waals surface area (Å²) >= 11 is 0. The van der Waals surface area contributed by atoms with E-state index in [1.165, 1.54) is 12.4 Å². The summed E-state index contributed by atoms with van der Waals surface area (Å²) in [4.78, 5) is 25.3. The van der Waals surface area contributed by atoms with Crippen LogP contribution in [-0.4, -0.2) is 51.8 Å². The van der Waals surface area contributed by atoms with Crippen molar-refractivity contribution in [1.82, 2.24) is 24.8 Å². The maximum absolute atomic E-state index is 11.8. The van der Waals surface area contributed by atoms with E-state index in [1.807, 2.05) is 43.3 Å². The van der Waals surface area contributed by atoms with Crippen LogP contribution in [0, 0.1) is 24.7 Å². The Bertz CT molecular complexity index is 1760. The van der Waals surface area contributed by atoms with Crippen LogP contribution < -0.4 is 20.5 Å². The number of nitrogen functional groups attached to an aromatic ring is 1. The minimum absolute atomic E-state index is 0.0617. The van der Waals surface area contributed by atoms with Gasteiger partial charge in [-0.3, -0.25) is 4.79 Å². The van der Waals surface area contributed by atoms with E-state index in [1.54, 1.807) is 7.11 Å². The average Bonchev–Trinajstić information content (AvgIpc) is 3.68. The molecule has 1 unspecified atom stereocenters. The van der Waals surface area contributed by atoms with Gasteiger partial charge in [-0.2, -0.15) is 0 Å². The first-order valence-electron chi connectivity index (χ1n) is 14.9. The zero-order valence-electron chi connectivity index (χ0n) is 25.0. The molecule has 1 amide bonds. The van der Waals surface area contributed by atoms with Crippen LogP contribution in [0.5, 0.6) is 17.4 Å². The van der Waals surface area contributed by atoms with E-state index in [2.05, 4.69) is 38.3 Å². The minimum Gasteiger partial charge on any atom is -0.493 e. The Labute approximate surface area is 256 Å². The minimum atomic E-state index is -0.131. The van der Waals surface area contributed by atoms with Gasteiger partial charge in [-0.1, -0.05) is 24.6 Å². The van der Waals surface area contributed by atoms with Gasteiger partial charge >= 0.3 is 0 Å². The van der Waals surface area contributed by atoms with Gasteiger partial charge in [0.2, 0.25) is 11.8 Å². The van der Waals surface area contributed by atoms with Crippen molar-refractivity contribution in [2.45, 2.75) is 51.1 Å². The van der Waals surface area contributed by atoms with Crippen molar-refractivity contribution in [2.75, 3.05) is 26.1 Å². The summed E-state index contributed by atoms with van der Waals surface area (Å²) in [5.74, 6) is 9.13. The van der Waals surface area contributed by atoms with E-state index >= 15 is 0 Å². The Morgan fingerprint density at radius 3 is 2.73 bits per heavy atom. The van der Waals surface area contributed by atoms with Crippen molar-refractivity contribution in [3.05, 3.63) is 66.8 Å². The summed E-state index contributed by atoms with van der Waals surface area (Å²) in [6, 6.07) is 11.6. The second kappa shape index (κ2) is 12.8. The molecule has 1 saturated carbocycles. The number of nitrogens with two attached hydrogens (primary N) is 1. The SMILES string of the molecule is C=CC(=O)N[C@H]1CC[C@H](C#Cc2c(-c3ccc(Oc4cccc(C)n4)c(OC)c3)c3c(N)ncnc3n2C2CCOC2)CC1. The van der Waals surface area contributed by atoms with E-state index < -0.39 is 0 Å². The lowest BCUT2D eigenvalue weighted by Gasteiger charge is -2.26. The van der Waals surface area contributed by atoms with Crippen molar-refractivity contribution in [2.24, 2.45) is 5.92 Å². The number of aryl methyl sites for hydroxylation is 1. The predicted octanol–water partition coefficient (Wildman–Crippen LogP) is 5.36. The fourth-order valence-electron chi connectivity index (χ4n) is 6.05. The number of methoxy groups -OCH3 is 1. The number of benzene rings is 1. The van der Waals surface area contributed by atoms with Crippen LogP contribution in [0.4, 0.5) is 5.82 Å². The molecule has 1 saturated heterocycles. The van der Waals surface area contributed by atoms with Gasteiger partial charge in [0.1, 0.15) is 23.5 Å². The van der Waals surface area contributed by atoms with Crippen LogP contribution in [0.2, 0.25) is 0 Å². The third kappa shape index (κ3) is 5.96. The number of rotatable bonds is 7. The summed E-state index contributed by atoms with van der Waals surface area (Å²) in [6.07, 6.45) is 7.20. The number of carbonyl (C=O) groups excluding carboxylic acids is 1. The standard InChI is InChI=1S/C34H36N6O4/c1-4-29(41)39-24-12-8-22(9-13-24)10-14-26-31(32-33(35)36-20-37-34(32)40(26)25-16-17-43-19-25)23-11-15-27(28(18-23)42-3)44-30-7-5-6-21(2)38-30/h4-7,11,15,18,20,22,24-25H,1,8-9,12-13,16-17,19H2,2-3H3,(H,39,41)(H2,35,36,37)/t22-,24-,25?. The number of anilines is 1. The number of fused-ring (bicyclic) bond motifs is 1. The number of aromatic nitrogens is 4. The lowest BCUT2D eigenvalue weighted by atomic mass is 9.86. The third-order valence-electron chi connectivity index (χ3n) is 8.27. The molecule has 2 aliphatic rings. The summed E-state index contributed by atoms with van der Waals surface area (Å²) in [6.45, 7) is 6.71. The topological polar surface area (TPSA) is 126 Å². The van der Waals surface area contributed by atoms with Crippen LogP contribution in [-0.2, 0) is 9.53 Å². The Morgan fingerprint density at radius 2 is 2.00 bits per heavy atom. The fraction of sp³-hybridized carbons (Fsp3) is 0.353. The highest BCUT2D eigenvalue weighted by Crippen LogP contribution is 2.43. The van der Waals surface area contributed by atoms with Gasteiger partial charge in [-0.15, -0.1) is 0 Å². The maximum Gasteiger partial charge on any atom is 0.243 e. The van der Waals surface area contributed by atoms with E-state index in [4.69, 9.17) is 24.9 Å².